The minimum absolute atomic E-state index is 0.0345. The lowest BCUT2D eigenvalue weighted by Gasteiger charge is -2.32. The molecule has 1 aromatic carbocycles. The molecule has 1 aliphatic heterocycles. The van der Waals surface area contributed by atoms with Crippen molar-refractivity contribution in [2.75, 3.05) is 18.4 Å². The van der Waals surface area contributed by atoms with Crippen molar-refractivity contribution in [2.45, 2.75) is 25.6 Å². The van der Waals surface area contributed by atoms with Gasteiger partial charge in [-0.2, -0.15) is 5.10 Å². The first-order valence-electron chi connectivity index (χ1n) is 9.18. The van der Waals surface area contributed by atoms with Crippen LogP contribution in [0.3, 0.4) is 0 Å². The minimum atomic E-state index is -0.0932. The lowest BCUT2D eigenvalue weighted by atomic mass is 10.1. The number of pyridine rings is 1. The van der Waals surface area contributed by atoms with Crippen LogP contribution in [0.2, 0.25) is 0 Å². The summed E-state index contributed by atoms with van der Waals surface area (Å²) in [7, 11) is 1.90. The van der Waals surface area contributed by atoms with Crippen LogP contribution >= 0.6 is 0 Å². The van der Waals surface area contributed by atoms with Gasteiger partial charge < -0.3 is 15.0 Å². The van der Waals surface area contributed by atoms with Gasteiger partial charge in [-0.15, -0.1) is 0 Å². The molecule has 0 aliphatic carbocycles. The van der Waals surface area contributed by atoms with E-state index in [2.05, 4.69) is 15.4 Å². The number of rotatable bonds is 4. The van der Waals surface area contributed by atoms with Gasteiger partial charge in [-0.25, -0.2) is 4.79 Å². The minimum Gasteiger partial charge on any atom is -0.370 e. The molecule has 1 fully saturated rings. The summed E-state index contributed by atoms with van der Waals surface area (Å²) in [6.07, 6.45) is 5.48. The van der Waals surface area contributed by atoms with Crippen LogP contribution in [-0.4, -0.2) is 44.9 Å². The van der Waals surface area contributed by atoms with Crippen LogP contribution in [-0.2, 0) is 18.4 Å². The summed E-state index contributed by atoms with van der Waals surface area (Å²) < 4.78 is 7.78. The van der Waals surface area contributed by atoms with Gasteiger partial charge in [0.15, 0.2) is 0 Å². The first-order valence-corrected chi connectivity index (χ1v) is 9.18. The van der Waals surface area contributed by atoms with Gasteiger partial charge in [0.2, 0.25) is 0 Å². The number of carbonyl (C=O) groups is 1. The molecule has 140 valence electrons. The Hall–Kier alpha value is -2.93. The molecule has 3 heterocycles. The van der Waals surface area contributed by atoms with Crippen LogP contribution in [0.15, 0.2) is 48.8 Å². The van der Waals surface area contributed by atoms with Crippen LogP contribution < -0.4 is 5.32 Å². The number of ether oxygens (including phenoxy) is 1. The molecule has 0 bridgehead atoms. The number of anilines is 1. The molecule has 1 unspecified atom stereocenters. The second-order valence-corrected chi connectivity index (χ2v) is 6.81. The number of likely N-dealkylation sites (tertiary alicyclic amines) is 1. The number of benzene rings is 1. The van der Waals surface area contributed by atoms with Crippen LogP contribution in [0.5, 0.6) is 0 Å². The highest BCUT2D eigenvalue weighted by atomic mass is 16.5. The first-order chi connectivity index (χ1) is 13.2. The van der Waals surface area contributed by atoms with Crippen molar-refractivity contribution < 1.29 is 9.53 Å². The Labute approximate surface area is 157 Å². The van der Waals surface area contributed by atoms with Crippen molar-refractivity contribution >= 4 is 22.6 Å². The van der Waals surface area contributed by atoms with Crippen molar-refractivity contribution in [2.24, 2.45) is 7.05 Å². The maximum absolute atomic E-state index is 12.7. The van der Waals surface area contributed by atoms with Gasteiger partial charge in [0, 0.05) is 37.4 Å². The Morgan fingerprint density at radius 2 is 2.26 bits per heavy atom. The van der Waals surface area contributed by atoms with E-state index in [1.807, 2.05) is 53.0 Å². The normalized spacial score (nSPS) is 17.2. The van der Waals surface area contributed by atoms with E-state index in [0.717, 1.165) is 41.7 Å². The maximum Gasteiger partial charge on any atom is 0.321 e. The van der Waals surface area contributed by atoms with E-state index in [-0.39, 0.29) is 12.1 Å². The average Bonchev–Trinajstić information content (AvgIpc) is 3.07. The third kappa shape index (κ3) is 4.09. The highest BCUT2D eigenvalue weighted by Gasteiger charge is 2.24. The first kappa shape index (κ1) is 17.5. The van der Waals surface area contributed by atoms with Crippen molar-refractivity contribution in [3.63, 3.8) is 0 Å². The summed E-state index contributed by atoms with van der Waals surface area (Å²) in [6.45, 7) is 1.80. The number of amides is 2. The molecule has 1 N–H and O–H groups in total. The highest BCUT2D eigenvalue weighted by Crippen LogP contribution is 2.20. The number of hydrogen-bond acceptors (Lipinski definition) is 4. The largest absolute Gasteiger partial charge is 0.370 e. The summed E-state index contributed by atoms with van der Waals surface area (Å²) in [5.74, 6) is 0. The monoisotopic (exact) mass is 365 g/mol. The molecule has 3 aromatic rings. The fraction of sp³-hybridized carbons (Fsp3) is 0.350. The van der Waals surface area contributed by atoms with E-state index in [1.54, 1.807) is 12.4 Å². The van der Waals surface area contributed by atoms with Crippen LogP contribution in [0, 0.1) is 0 Å². The van der Waals surface area contributed by atoms with Gasteiger partial charge in [-0.05, 0) is 43.2 Å². The van der Waals surface area contributed by atoms with Gasteiger partial charge >= 0.3 is 6.03 Å². The summed E-state index contributed by atoms with van der Waals surface area (Å²) in [5, 5.41) is 8.23. The number of hydrogen-bond donors (Lipinski definition) is 1. The highest BCUT2D eigenvalue weighted by molar-refractivity contribution is 5.92. The maximum atomic E-state index is 12.7. The molecule has 1 aliphatic rings. The smallest absolute Gasteiger partial charge is 0.321 e. The second kappa shape index (κ2) is 7.75. The van der Waals surface area contributed by atoms with Gasteiger partial charge in [0.1, 0.15) is 0 Å². The number of nitrogens with zero attached hydrogens (tertiary/aromatic N) is 4. The standard InChI is InChI=1S/C20H23N5O2/c1-24-19-8-7-16(11-15(19)12-22-24)23-20(26)25-10-4-6-18(13-25)27-14-17-5-2-3-9-21-17/h2-3,5,7-9,11-12,18H,4,6,10,13-14H2,1H3,(H,23,26). The van der Waals surface area contributed by atoms with E-state index in [4.69, 9.17) is 4.74 Å². The van der Waals surface area contributed by atoms with Gasteiger partial charge in [0.25, 0.3) is 0 Å². The number of aromatic nitrogens is 3. The zero-order valence-electron chi connectivity index (χ0n) is 15.3. The third-order valence-corrected chi connectivity index (χ3v) is 4.86. The van der Waals surface area contributed by atoms with Crippen molar-refractivity contribution in [1.29, 1.82) is 0 Å². The topological polar surface area (TPSA) is 72.3 Å². The van der Waals surface area contributed by atoms with Gasteiger partial charge in [-0.3, -0.25) is 9.67 Å². The predicted octanol–water partition coefficient (Wildman–Crippen LogP) is 3.18. The molecule has 0 saturated carbocycles. The summed E-state index contributed by atoms with van der Waals surface area (Å²) in [6, 6.07) is 11.5. The fourth-order valence-corrected chi connectivity index (χ4v) is 3.39. The molecule has 1 saturated heterocycles. The number of fused-ring (bicyclic) bond motifs is 1. The Balaban J connectivity index is 1.34. The Morgan fingerprint density at radius 3 is 3.11 bits per heavy atom. The molecule has 1 atom stereocenters. The quantitative estimate of drug-likeness (QED) is 0.771. The lowest BCUT2D eigenvalue weighted by Crippen LogP contribution is -2.45. The second-order valence-electron chi connectivity index (χ2n) is 6.81. The van der Waals surface area contributed by atoms with Crippen molar-refractivity contribution in [3.05, 3.63) is 54.5 Å². The van der Waals surface area contributed by atoms with Crippen LogP contribution in [0.25, 0.3) is 10.9 Å². The SMILES string of the molecule is Cn1ncc2cc(NC(=O)N3CCCC(OCc4ccccn4)C3)ccc21. The summed E-state index contributed by atoms with van der Waals surface area (Å²) >= 11 is 0. The van der Waals surface area contributed by atoms with Crippen LogP contribution in [0.1, 0.15) is 18.5 Å². The molecule has 4 rings (SSSR count). The van der Waals surface area contributed by atoms with Gasteiger partial charge in [0.05, 0.1) is 30.1 Å². The zero-order valence-corrected chi connectivity index (χ0v) is 15.3. The Morgan fingerprint density at radius 1 is 1.33 bits per heavy atom. The molecule has 0 radical (unpaired) electrons. The van der Waals surface area contributed by atoms with Crippen LogP contribution in [0.4, 0.5) is 10.5 Å². The van der Waals surface area contributed by atoms with Gasteiger partial charge in [-0.1, -0.05) is 6.07 Å². The molecule has 7 heteroatoms. The molecule has 2 amide bonds. The van der Waals surface area contributed by atoms with E-state index in [1.165, 1.54) is 0 Å². The zero-order chi connectivity index (χ0) is 18.6. The molecular formula is C20H23N5O2. The molecule has 27 heavy (non-hydrogen) atoms. The summed E-state index contributed by atoms with van der Waals surface area (Å²) in [4.78, 5) is 18.7. The molecule has 7 nitrogen and oxygen atoms in total. The average molecular weight is 365 g/mol. The number of carbonyl (C=O) groups excluding carboxylic acids is 1. The number of aryl methyl sites for hydroxylation is 1. The fourth-order valence-electron chi connectivity index (χ4n) is 3.39. The van der Waals surface area contributed by atoms with E-state index < -0.39 is 0 Å². The Kier molecular flexibility index (Phi) is 5.02. The Bertz CT molecular complexity index is 925. The van der Waals surface area contributed by atoms with Crippen molar-refractivity contribution in [1.82, 2.24) is 19.7 Å². The lowest BCUT2D eigenvalue weighted by molar-refractivity contribution is -0.000325. The number of urea groups is 1. The molecule has 2 aromatic heterocycles. The van der Waals surface area contributed by atoms with E-state index in [0.29, 0.717) is 13.2 Å². The molecule has 0 spiro atoms. The van der Waals surface area contributed by atoms with E-state index >= 15 is 0 Å². The summed E-state index contributed by atoms with van der Waals surface area (Å²) in [5.41, 5.74) is 2.72. The van der Waals surface area contributed by atoms with Crippen molar-refractivity contribution in [3.8, 4) is 0 Å². The number of nitrogens with one attached hydrogen (secondary N) is 1. The number of piperidine rings is 1. The molecular weight excluding hydrogens is 342 g/mol. The van der Waals surface area contributed by atoms with E-state index in [9.17, 15) is 4.79 Å². The third-order valence-electron chi connectivity index (χ3n) is 4.86. The predicted molar refractivity (Wildman–Crippen MR) is 103 cm³/mol.